The molecule has 112 valence electrons. The van der Waals surface area contributed by atoms with Crippen LogP contribution in [0.3, 0.4) is 0 Å². The number of esters is 1. The van der Waals surface area contributed by atoms with Gasteiger partial charge in [-0.2, -0.15) is 0 Å². The zero-order chi connectivity index (χ0) is 15.9. The number of rotatable bonds is 5. The number of benzene rings is 2. The van der Waals surface area contributed by atoms with Gasteiger partial charge in [0.25, 0.3) is 0 Å². The van der Waals surface area contributed by atoms with E-state index in [0.717, 1.165) is 0 Å². The van der Waals surface area contributed by atoms with Crippen LogP contribution in [0.1, 0.15) is 22.8 Å². The quantitative estimate of drug-likeness (QED) is 0.367. The molecule has 0 fully saturated rings. The Morgan fingerprint density at radius 3 is 2.32 bits per heavy atom. The summed E-state index contributed by atoms with van der Waals surface area (Å²) in [6.45, 7) is 1.34. The van der Waals surface area contributed by atoms with Crippen molar-refractivity contribution in [3.05, 3.63) is 65.7 Å². The summed E-state index contributed by atoms with van der Waals surface area (Å²) in [6, 6.07) is 13.9. The first-order valence-corrected chi connectivity index (χ1v) is 6.74. The van der Waals surface area contributed by atoms with Crippen molar-refractivity contribution in [2.24, 2.45) is 0 Å². The van der Waals surface area contributed by atoms with E-state index in [1.54, 1.807) is 55.7 Å². The molecule has 0 saturated heterocycles. The first-order valence-electron chi connectivity index (χ1n) is 6.74. The summed E-state index contributed by atoms with van der Waals surface area (Å²) >= 11 is 0. The summed E-state index contributed by atoms with van der Waals surface area (Å²) in [5.41, 5.74) is 1.22. The number of methoxy groups -OCH3 is 1. The van der Waals surface area contributed by atoms with Crippen LogP contribution in [0.2, 0.25) is 0 Å². The monoisotopic (exact) mass is 296 g/mol. The Balaban J connectivity index is 2.17. The number of para-hydroxylation sites is 1. The molecular weight excluding hydrogens is 280 g/mol. The Bertz CT molecular complexity index is 699. The van der Waals surface area contributed by atoms with Gasteiger partial charge < -0.3 is 9.47 Å². The summed E-state index contributed by atoms with van der Waals surface area (Å²) in [5.74, 6) is 0.581. The number of hydrogen-bond acceptors (Lipinski definition) is 4. The molecule has 4 heteroatoms. The summed E-state index contributed by atoms with van der Waals surface area (Å²) in [6.07, 6.45) is 3.08. The normalized spacial score (nSPS) is 10.5. The van der Waals surface area contributed by atoms with Crippen LogP contribution in [-0.4, -0.2) is 18.9 Å². The van der Waals surface area contributed by atoms with E-state index in [2.05, 4.69) is 0 Å². The highest BCUT2D eigenvalue weighted by Crippen LogP contribution is 2.20. The maximum atomic E-state index is 12.1. The highest BCUT2D eigenvalue weighted by molar-refractivity contribution is 6.07. The van der Waals surface area contributed by atoms with Crippen LogP contribution in [0.5, 0.6) is 11.5 Å². The van der Waals surface area contributed by atoms with Crippen molar-refractivity contribution < 1.29 is 19.1 Å². The van der Waals surface area contributed by atoms with Gasteiger partial charge in [-0.1, -0.05) is 18.2 Å². The molecule has 2 aromatic carbocycles. The second-order valence-corrected chi connectivity index (χ2v) is 4.56. The molecule has 0 saturated carbocycles. The minimum Gasteiger partial charge on any atom is -0.497 e. The average Bonchev–Trinajstić information content (AvgIpc) is 2.53. The molecule has 0 unspecified atom stereocenters. The highest BCUT2D eigenvalue weighted by atomic mass is 16.5. The van der Waals surface area contributed by atoms with Gasteiger partial charge in [-0.3, -0.25) is 9.59 Å². The van der Waals surface area contributed by atoms with Crippen molar-refractivity contribution in [2.75, 3.05) is 7.11 Å². The van der Waals surface area contributed by atoms with Gasteiger partial charge >= 0.3 is 5.97 Å². The smallest absolute Gasteiger partial charge is 0.308 e. The fourth-order valence-corrected chi connectivity index (χ4v) is 1.88. The van der Waals surface area contributed by atoms with E-state index in [0.29, 0.717) is 22.6 Å². The van der Waals surface area contributed by atoms with Gasteiger partial charge in [0.1, 0.15) is 11.5 Å². The SMILES string of the molecule is COc1ccc(C(=O)C=Cc2ccccc2OC(C)=O)cc1. The number of carbonyl (C=O) groups is 2. The molecule has 0 radical (unpaired) electrons. The van der Waals surface area contributed by atoms with E-state index in [1.807, 2.05) is 6.07 Å². The lowest BCUT2D eigenvalue weighted by atomic mass is 10.1. The molecule has 0 aliphatic carbocycles. The summed E-state index contributed by atoms with van der Waals surface area (Å²) in [5, 5.41) is 0. The molecule has 4 nitrogen and oxygen atoms in total. The Hall–Kier alpha value is -2.88. The Kier molecular flexibility index (Phi) is 5.09. The molecule has 0 N–H and O–H groups in total. The molecule has 22 heavy (non-hydrogen) atoms. The van der Waals surface area contributed by atoms with Crippen LogP contribution >= 0.6 is 0 Å². The third-order valence-corrected chi connectivity index (χ3v) is 2.96. The van der Waals surface area contributed by atoms with Crippen LogP contribution < -0.4 is 9.47 Å². The third kappa shape index (κ3) is 4.06. The van der Waals surface area contributed by atoms with Crippen molar-refractivity contribution in [2.45, 2.75) is 6.92 Å². The van der Waals surface area contributed by atoms with Crippen LogP contribution in [0.15, 0.2) is 54.6 Å². The summed E-state index contributed by atoms with van der Waals surface area (Å²) in [7, 11) is 1.57. The van der Waals surface area contributed by atoms with Gasteiger partial charge in [0.15, 0.2) is 5.78 Å². The van der Waals surface area contributed by atoms with Crippen molar-refractivity contribution in [3.63, 3.8) is 0 Å². The Labute approximate surface area is 129 Å². The fourth-order valence-electron chi connectivity index (χ4n) is 1.88. The van der Waals surface area contributed by atoms with Crippen molar-refractivity contribution in [1.82, 2.24) is 0 Å². The summed E-state index contributed by atoms with van der Waals surface area (Å²) < 4.78 is 10.1. The van der Waals surface area contributed by atoms with Crippen LogP contribution in [0, 0.1) is 0 Å². The number of ketones is 1. The molecule has 2 rings (SSSR count). The Morgan fingerprint density at radius 2 is 1.68 bits per heavy atom. The van der Waals surface area contributed by atoms with Gasteiger partial charge in [0, 0.05) is 18.1 Å². The second kappa shape index (κ2) is 7.22. The minimum atomic E-state index is -0.401. The lowest BCUT2D eigenvalue weighted by Gasteiger charge is -2.04. The maximum absolute atomic E-state index is 12.1. The largest absolute Gasteiger partial charge is 0.497 e. The standard InChI is InChI=1S/C18H16O4/c1-13(19)22-18-6-4-3-5-15(18)9-12-17(20)14-7-10-16(21-2)11-8-14/h3-12H,1-2H3. The zero-order valence-electron chi connectivity index (χ0n) is 12.4. The second-order valence-electron chi connectivity index (χ2n) is 4.56. The van der Waals surface area contributed by atoms with E-state index in [-0.39, 0.29) is 5.78 Å². The lowest BCUT2D eigenvalue weighted by molar-refractivity contribution is -0.131. The average molecular weight is 296 g/mol. The van der Waals surface area contributed by atoms with Gasteiger partial charge in [0.05, 0.1) is 7.11 Å². The van der Waals surface area contributed by atoms with Gasteiger partial charge in [0.2, 0.25) is 0 Å². The molecule has 0 aromatic heterocycles. The number of hydrogen-bond donors (Lipinski definition) is 0. The predicted molar refractivity (Wildman–Crippen MR) is 84.1 cm³/mol. The Morgan fingerprint density at radius 1 is 1.00 bits per heavy atom. The number of allylic oxidation sites excluding steroid dienone is 1. The van der Waals surface area contributed by atoms with Crippen molar-refractivity contribution in [1.29, 1.82) is 0 Å². The van der Waals surface area contributed by atoms with E-state index >= 15 is 0 Å². The molecule has 2 aromatic rings. The van der Waals surface area contributed by atoms with Crippen LogP contribution in [-0.2, 0) is 4.79 Å². The molecule has 0 spiro atoms. The van der Waals surface area contributed by atoms with Crippen molar-refractivity contribution >= 4 is 17.8 Å². The maximum Gasteiger partial charge on any atom is 0.308 e. The molecule has 0 heterocycles. The molecule has 0 bridgehead atoms. The highest BCUT2D eigenvalue weighted by Gasteiger charge is 2.05. The summed E-state index contributed by atoms with van der Waals surface area (Å²) in [4.78, 5) is 23.2. The zero-order valence-corrected chi connectivity index (χ0v) is 12.4. The van der Waals surface area contributed by atoms with Crippen molar-refractivity contribution in [3.8, 4) is 11.5 Å². The fraction of sp³-hybridized carbons (Fsp3) is 0.111. The predicted octanol–water partition coefficient (Wildman–Crippen LogP) is 3.52. The van der Waals surface area contributed by atoms with Gasteiger partial charge in [-0.25, -0.2) is 0 Å². The van der Waals surface area contributed by atoms with E-state index in [4.69, 9.17) is 9.47 Å². The van der Waals surface area contributed by atoms with Gasteiger partial charge in [-0.05, 0) is 42.5 Å². The lowest BCUT2D eigenvalue weighted by Crippen LogP contribution is -2.02. The molecule has 0 aliphatic heterocycles. The molecule has 0 amide bonds. The van der Waals surface area contributed by atoms with E-state index in [9.17, 15) is 9.59 Å². The third-order valence-electron chi connectivity index (χ3n) is 2.96. The minimum absolute atomic E-state index is 0.139. The van der Waals surface area contributed by atoms with Crippen LogP contribution in [0.25, 0.3) is 6.08 Å². The number of carbonyl (C=O) groups excluding carboxylic acids is 2. The van der Waals surface area contributed by atoms with Crippen LogP contribution in [0.4, 0.5) is 0 Å². The van der Waals surface area contributed by atoms with E-state index in [1.165, 1.54) is 13.0 Å². The molecular formula is C18H16O4. The van der Waals surface area contributed by atoms with Gasteiger partial charge in [-0.15, -0.1) is 0 Å². The number of ether oxygens (including phenoxy) is 2. The first kappa shape index (κ1) is 15.5. The molecule has 0 atom stereocenters. The first-order chi connectivity index (χ1) is 10.6. The van der Waals surface area contributed by atoms with E-state index < -0.39 is 5.97 Å². The molecule has 0 aliphatic rings. The topological polar surface area (TPSA) is 52.6 Å².